The van der Waals surface area contributed by atoms with Crippen LogP contribution in [0.2, 0.25) is 0 Å². The summed E-state index contributed by atoms with van der Waals surface area (Å²) in [6.07, 6.45) is 7.70. The van der Waals surface area contributed by atoms with Gasteiger partial charge in [-0.2, -0.15) is 0 Å². The second-order valence-electron chi connectivity index (χ2n) is 8.30. The molecule has 1 aromatic carbocycles. The van der Waals surface area contributed by atoms with Crippen LogP contribution in [0.25, 0.3) is 10.9 Å². The number of fused-ring (bicyclic) bond motifs is 4. The Morgan fingerprint density at radius 2 is 1.88 bits per heavy atom. The molecule has 134 valence electrons. The highest BCUT2D eigenvalue weighted by atomic mass is 19.1. The van der Waals surface area contributed by atoms with E-state index in [2.05, 4.69) is 5.32 Å². The summed E-state index contributed by atoms with van der Waals surface area (Å²) in [7, 11) is 1.90. The van der Waals surface area contributed by atoms with Gasteiger partial charge in [0, 0.05) is 24.7 Å². The van der Waals surface area contributed by atoms with Gasteiger partial charge in [0.25, 0.3) is 5.91 Å². The molecule has 1 aromatic heterocycles. The Bertz CT molecular complexity index is 830. The standard InChI is InChI=1S/C21H27FN2O/c1-13-10-16(22)11-17-18(13)19(14(2)24(17)3)20(25)23-12-21-7-4-15(5-8-21)6-9-21/h10-11,15H,4-9,12H2,1-3H3,(H,23,25). The van der Waals surface area contributed by atoms with Crippen LogP contribution in [0.4, 0.5) is 4.39 Å². The smallest absolute Gasteiger partial charge is 0.253 e. The maximum atomic E-state index is 13.8. The van der Waals surface area contributed by atoms with E-state index in [-0.39, 0.29) is 11.7 Å². The fraction of sp³-hybridized carbons (Fsp3) is 0.571. The minimum absolute atomic E-state index is 0.0140. The van der Waals surface area contributed by atoms with E-state index in [1.165, 1.54) is 50.7 Å². The molecule has 2 bridgehead atoms. The number of aromatic nitrogens is 1. The van der Waals surface area contributed by atoms with Gasteiger partial charge in [-0.1, -0.05) is 0 Å². The first-order valence-corrected chi connectivity index (χ1v) is 9.43. The molecule has 0 atom stereocenters. The van der Waals surface area contributed by atoms with Crippen LogP contribution in [0.15, 0.2) is 12.1 Å². The van der Waals surface area contributed by atoms with E-state index in [0.717, 1.165) is 34.6 Å². The van der Waals surface area contributed by atoms with Crippen LogP contribution in [0.5, 0.6) is 0 Å². The first-order valence-electron chi connectivity index (χ1n) is 9.43. The normalized spacial score (nSPS) is 25.5. The SMILES string of the molecule is Cc1cc(F)cc2c1c(C(=O)NCC13CCC(CC1)CC3)c(C)n2C. The average Bonchev–Trinajstić information content (AvgIpc) is 2.86. The molecule has 0 spiro atoms. The lowest BCUT2D eigenvalue weighted by Gasteiger charge is -2.46. The molecule has 0 aliphatic heterocycles. The van der Waals surface area contributed by atoms with Crippen molar-refractivity contribution in [2.24, 2.45) is 18.4 Å². The van der Waals surface area contributed by atoms with Crippen LogP contribution in [-0.4, -0.2) is 17.0 Å². The molecule has 25 heavy (non-hydrogen) atoms. The monoisotopic (exact) mass is 342 g/mol. The van der Waals surface area contributed by atoms with Gasteiger partial charge >= 0.3 is 0 Å². The minimum Gasteiger partial charge on any atom is -0.351 e. The summed E-state index contributed by atoms with van der Waals surface area (Å²) in [4.78, 5) is 13.0. The lowest BCUT2D eigenvalue weighted by Crippen LogP contribution is -2.43. The van der Waals surface area contributed by atoms with Crippen molar-refractivity contribution in [2.45, 2.75) is 52.4 Å². The molecule has 1 heterocycles. The fourth-order valence-corrected chi connectivity index (χ4v) is 5.08. The number of carbonyl (C=O) groups excluding carboxylic acids is 1. The lowest BCUT2D eigenvalue weighted by molar-refractivity contribution is 0.0597. The van der Waals surface area contributed by atoms with Crippen molar-refractivity contribution in [1.82, 2.24) is 9.88 Å². The van der Waals surface area contributed by atoms with Gasteiger partial charge in [0.05, 0.1) is 11.1 Å². The first kappa shape index (κ1) is 16.6. The molecule has 3 aliphatic carbocycles. The average molecular weight is 342 g/mol. The number of hydrogen-bond acceptors (Lipinski definition) is 1. The zero-order valence-electron chi connectivity index (χ0n) is 15.4. The molecule has 3 aliphatic rings. The van der Waals surface area contributed by atoms with Crippen molar-refractivity contribution in [1.29, 1.82) is 0 Å². The Hall–Kier alpha value is -1.84. The number of amides is 1. The quantitative estimate of drug-likeness (QED) is 0.866. The van der Waals surface area contributed by atoms with Crippen molar-refractivity contribution in [3.8, 4) is 0 Å². The third-order valence-corrected chi connectivity index (χ3v) is 6.86. The second kappa shape index (κ2) is 5.86. The minimum atomic E-state index is -0.254. The number of nitrogens with one attached hydrogen (secondary N) is 1. The van der Waals surface area contributed by atoms with E-state index in [4.69, 9.17) is 0 Å². The summed E-state index contributed by atoms with van der Waals surface area (Å²) in [5, 5.41) is 4.11. The molecular formula is C21H27FN2O. The Balaban J connectivity index is 1.63. The molecule has 1 N–H and O–H groups in total. The number of carbonyl (C=O) groups is 1. The van der Waals surface area contributed by atoms with Gasteiger partial charge in [0.1, 0.15) is 5.82 Å². The van der Waals surface area contributed by atoms with Gasteiger partial charge < -0.3 is 9.88 Å². The number of benzene rings is 1. The highest BCUT2D eigenvalue weighted by Crippen LogP contribution is 2.49. The van der Waals surface area contributed by atoms with Gasteiger partial charge in [-0.3, -0.25) is 4.79 Å². The van der Waals surface area contributed by atoms with E-state index < -0.39 is 0 Å². The molecular weight excluding hydrogens is 315 g/mol. The van der Waals surface area contributed by atoms with Crippen LogP contribution >= 0.6 is 0 Å². The van der Waals surface area contributed by atoms with Gasteiger partial charge in [0.15, 0.2) is 0 Å². The molecule has 3 fully saturated rings. The zero-order chi connectivity index (χ0) is 17.8. The van der Waals surface area contributed by atoms with E-state index in [9.17, 15) is 9.18 Å². The molecule has 4 heteroatoms. The van der Waals surface area contributed by atoms with Crippen LogP contribution in [0, 0.1) is 31.0 Å². The predicted molar refractivity (Wildman–Crippen MR) is 98.3 cm³/mol. The lowest BCUT2D eigenvalue weighted by atomic mass is 9.61. The molecule has 5 rings (SSSR count). The van der Waals surface area contributed by atoms with Crippen molar-refractivity contribution < 1.29 is 9.18 Å². The summed E-state index contributed by atoms with van der Waals surface area (Å²) >= 11 is 0. The van der Waals surface area contributed by atoms with Gasteiger partial charge in [-0.05, 0) is 81.4 Å². The Kier molecular flexibility index (Phi) is 3.89. The van der Waals surface area contributed by atoms with Crippen LogP contribution < -0.4 is 5.32 Å². The fourth-order valence-electron chi connectivity index (χ4n) is 5.08. The van der Waals surface area contributed by atoms with Gasteiger partial charge in [0.2, 0.25) is 0 Å². The number of nitrogens with zero attached hydrogens (tertiary/aromatic N) is 1. The van der Waals surface area contributed by atoms with E-state index >= 15 is 0 Å². The third kappa shape index (κ3) is 2.66. The first-order chi connectivity index (χ1) is 11.9. The molecule has 0 unspecified atom stereocenters. The van der Waals surface area contributed by atoms with Crippen LogP contribution in [0.1, 0.15) is 60.1 Å². The van der Waals surface area contributed by atoms with Crippen molar-refractivity contribution in [3.05, 3.63) is 34.8 Å². The highest BCUT2D eigenvalue weighted by molar-refractivity contribution is 6.09. The van der Waals surface area contributed by atoms with Crippen molar-refractivity contribution in [3.63, 3.8) is 0 Å². The number of aryl methyl sites for hydroxylation is 2. The Labute approximate surface area is 148 Å². The van der Waals surface area contributed by atoms with E-state index in [1.807, 2.05) is 25.5 Å². The topological polar surface area (TPSA) is 34.0 Å². The number of hydrogen-bond donors (Lipinski definition) is 1. The summed E-state index contributed by atoms with van der Waals surface area (Å²) in [6, 6.07) is 3.03. The Morgan fingerprint density at radius 3 is 2.52 bits per heavy atom. The third-order valence-electron chi connectivity index (χ3n) is 6.86. The maximum Gasteiger partial charge on any atom is 0.253 e. The molecule has 3 nitrogen and oxygen atoms in total. The largest absolute Gasteiger partial charge is 0.351 e. The van der Waals surface area contributed by atoms with Crippen molar-refractivity contribution in [2.75, 3.05) is 6.54 Å². The highest BCUT2D eigenvalue weighted by Gasteiger charge is 2.40. The Morgan fingerprint density at radius 1 is 1.24 bits per heavy atom. The second-order valence-corrected chi connectivity index (χ2v) is 8.30. The molecule has 3 saturated carbocycles. The van der Waals surface area contributed by atoms with Crippen LogP contribution in [0.3, 0.4) is 0 Å². The predicted octanol–water partition coefficient (Wildman–Crippen LogP) is 4.63. The molecule has 0 radical (unpaired) electrons. The summed E-state index contributed by atoms with van der Waals surface area (Å²) in [5.74, 6) is 0.658. The maximum absolute atomic E-state index is 13.8. The number of rotatable bonds is 3. The zero-order valence-corrected chi connectivity index (χ0v) is 15.4. The van der Waals surface area contributed by atoms with E-state index in [1.54, 1.807) is 0 Å². The molecule has 1 amide bonds. The van der Waals surface area contributed by atoms with Crippen molar-refractivity contribution >= 4 is 16.8 Å². The van der Waals surface area contributed by atoms with Gasteiger partial charge in [-0.15, -0.1) is 0 Å². The summed E-state index contributed by atoms with van der Waals surface area (Å²) in [5.41, 5.74) is 3.52. The molecule has 2 aromatic rings. The number of halogens is 1. The van der Waals surface area contributed by atoms with E-state index in [0.29, 0.717) is 11.0 Å². The van der Waals surface area contributed by atoms with Gasteiger partial charge in [-0.25, -0.2) is 4.39 Å². The molecule has 0 saturated heterocycles. The summed E-state index contributed by atoms with van der Waals surface area (Å²) in [6.45, 7) is 4.59. The summed E-state index contributed by atoms with van der Waals surface area (Å²) < 4.78 is 15.7. The van der Waals surface area contributed by atoms with Crippen LogP contribution in [-0.2, 0) is 7.05 Å².